The van der Waals surface area contributed by atoms with Gasteiger partial charge in [0.15, 0.2) is 9.84 Å². The Morgan fingerprint density at radius 3 is 2.40 bits per heavy atom. The zero-order chi connectivity index (χ0) is 18.1. The lowest BCUT2D eigenvalue weighted by atomic mass is 9.96. The zero-order valence-electron chi connectivity index (χ0n) is 13.9. The molecular formula is C18H20N2O4S. The molecule has 0 radical (unpaired) electrons. The molecule has 1 fully saturated rings. The van der Waals surface area contributed by atoms with Crippen molar-refractivity contribution in [1.82, 2.24) is 0 Å². The van der Waals surface area contributed by atoms with Gasteiger partial charge in [-0.3, -0.25) is 10.1 Å². The molecule has 6 nitrogen and oxygen atoms in total. The molecule has 2 aromatic carbocycles. The minimum absolute atomic E-state index is 0.0461. The zero-order valence-corrected chi connectivity index (χ0v) is 14.8. The van der Waals surface area contributed by atoms with Gasteiger partial charge in [-0.25, -0.2) is 8.42 Å². The van der Waals surface area contributed by atoms with E-state index in [4.69, 9.17) is 0 Å². The number of nitro benzene ring substituents is 1. The van der Waals surface area contributed by atoms with Gasteiger partial charge in [-0.2, -0.15) is 0 Å². The molecule has 25 heavy (non-hydrogen) atoms. The van der Waals surface area contributed by atoms with Crippen LogP contribution in [0.25, 0.3) is 0 Å². The van der Waals surface area contributed by atoms with Gasteiger partial charge in [-0.1, -0.05) is 30.3 Å². The fraction of sp³-hybridized carbons (Fsp3) is 0.333. The van der Waals surface area contributed by atoms with Crippen molar-refractivity contribution >= 4 is 21.2 Å². The molecule has 2 aromatic rings. The summed E-state index contributed by atoms with van der Waals surface area (Å²) in [5, 5.41) is 14.5. The van der Waals surface area contributed by atoms with E-state index >= 15 is 0 Å². The molecule has 0 aromatic heterocycles. The molecule has 1 saturated carbocycles. The highest BCUT2D eigenvalue weighted by Gasteiger charge is 2.42. The van der Waals surface area contributed by atoms with Crippen LogP contribution in [0.15, 0.2) is 53.4 Å². The first-order valence-electron chi connectivity index (χ1n) is 8.05. The summed E-state index contributed by atoms with van der Waals surface area (Å²) in [4.78, 5) is 10.7. The van der Waals surface area contributed by atoms with Crippen LogP contribution in [0, 0.1) is 15.5 Å². The van der Waals surface area contributed by atoms with Gasteiger partial charge in [0, 0.05) is 18.9 Å². The van der Waals surface area contributed by atoms with Crippen LogP contribution in [0.3, 0.4) is 0 Å². The van der Waals surface area contributed by atoms with Crippen molar-refractivity contribution in [3.63, 3.8) is 0 Å². The fourth-order valence-electron chi connectivity index (χ4n) is 2.95. The SMILES string of the molecule is CS(=O)(=O)c1ccc(NCC2(Cc3ccccc3)CC2)c([N+](=O)[O-])c1. The second-order valence-electron chi connectivity index (χ2n) is 6.72. The average Bonchev–Trinajstić information content (AvgIpc) is 3.32. The quantitative estimate of drug-likeness (QED) is 0.603. The van der Waals surface area contributed by atoms with Gasteiger partial charge < -0.3 is 5.32 Å². The van der Waals surface area contributed by atoms with Crippen molar-refractivity contribution in [3.05, 3.63) is 64.2 Å². The van der Waals surface area contributed by atoms with Crippen molar-refractivity contribution in [3.8, 4) is 0 Å². The number of nitrogens with one attached hydrogen (secondary N) is 1. The van der Waals surface area contributed by atoms with Gasteiger partial charge >= 0.3 is 0 Å². The Bertz CT molecular complexity index is 891. The maximum Gasteiger partial charge on any atom is 0.293 e. The summed E-state index contributed by atoms with van der Waals surface area (Å²) in [6.07, 6.45) is 4.11. The third-order valence-electron chi connectivity index (χ3n) is 4.63. The van der Waals surface area contributed by atoms with Crippen LogP contribution in [0.4, 0.5) is 11.4 Å². The molecule has 132 valence electrons. The van der Waals surface area contributed by atoms with Gasteiger partial charge in [0.2, 0.25) is 0 Å². The maximum atomic E-state index is 11.6. The summed E-state index contributed by atoms with van der Waals surface area (Å²) >= 11 is 0. The third kappa shape index (κ3) is 4.17. The van der Waals surface area contributed by atoms with Crippen molar-refractivity contribution in [2.45, 2.75) is 24.2 Å². The van der Waals surface area contributed by atoms with Crippen LogP contribution < -0.4 is 5.32 Å². The summed E-state index contributed by atoms with van der Waals surface area (Å²) in [7, 11) is -3.48. The largest absolute Gasteiger partial charge is 0.379 e. The van der Waals surface area contributed by atoms with E-state index in [0.717, 1.165) is 31.6 Å². The highest BCUT2D eigenvalue weighted by molar-refractivity contribution is 7.90. The highest BCUT2D eigenvalue weighted by atomic mass is 32.2. The van der Waals surface area contributed by atoms with E-state index in [1.165, 1.54) is 17.7 Å². The molecule has 1 N–H and O–H groups in total. The number of hydrogen-bond donors (Lipinski definition) is 1. The molecule has 7 heteroatoms. The van der Waals surface area contributed by atoms with Crippen LogP contribution in [-0.2, 0) is 16.3 Å². The van der Waals surface area contributed by atoms with Crippen molar-refractivity contribution in [1.29, 1.82) is 0 Å². The molecule has 1 aliphatic rings. The summed E-state index contributed by atoms with van der Waals surface area (Å²) in [6.45, 7) is 0.626. The Hall–Kier alpha value is -2.41. The van der Waals surface area contributed by atoms with Crippen molar-refractivity contribution in [2.75, 3.05) is 18.1 Å². The summed E-state index contributed by atoms with van der Waals surface area (Å²) in [6, 6.07) is 14.2. The summed E-state index contributed by atoms with van der Waals surface area (Å²) in [5.74, 6) is 0. The Morgan fingerprint density at radius 1 is 1.16 bits per heavy atom. The summed E-state index contributed by atoms with van der Waals surface area (Å²) in [5.41, 5.74) is 1.52. The van der Waals surface area contributed by atoms with Gasteiger partial charge in [0.05, 0.1) is 9.82 Å². The van der Waals surface area contributed by atoms with Crippen LogP contribution in [0.2, 0.25) is 0 Å². The minimum Gasteiger partial charge on any atom is -0.379 e. The smallest absolute Gasteiger partial charge is 0.293 e. The number of rotatable bonds is 7. The number of hydrogen-bond acceptors (Lipinski definition) is 5. The number of nitrogens with zero attached hydrogens (tertiary/aromatic N) is 1. The maximum absolute atomic E-state index is 11.6. The van der Waals surface area contributed by atoms with Gasteiger partial charge in [0.1, 0.15) is 5.69 Å². The standard InChI is InChI=1S/C18H20N2O4S/c1-25(23,24)15-7-8-16(17(11-15)20(21)22)19-13-18(9-10-18)12-14-5-3-2-4-6-14/h2-8,11,19H,9-10,12-13H2,1H3. The first kappa shape index (κ1) is 17.4. The molecule has 0 bridgehead atoms. The molecular weight excluding hydrogens is 340 g/mol. The van der Waals surface area contributed by atoms with Crippen molar-refractivity contribution < 1.29 is 13.3 Å². The lowest BCUT2D eigenvalue weighted by Gasteiger charge is -2.17. The molecule has 0 spiro atoms. The Morgan fingerprint density at radius 2 is 1.84 bits per heavy atom. The van der Waals surface area contributed by atoms with E-state index in [1.54, 1.807) is 0 Å². The normalized spacial score (nSPS) is 15.6. The second-order valence-corrected chi connectivity index (χ2v) is 8.74. The molecule has 0 amide bonds. The van der Waals surface area contributed by atoms with E-state index in [1.807, 2.05) is 18.2 Å². The van der Waals surface area contributed by atoms with E-state index in [-0.39, 0.29) is 16.0 Å². The minimum atomic E-state index is -3.48. The monoisotopic (exact) mass is 360 g/mol. The van der Waals surface area contributed by atoms with E-state index in [2.05, 4.69) is 17.4 Å². The van der Waals surface area contributed by atoms with Gasteiger partial charge in [-0.05, 0) is 42.4 Å². The van der Waals surface area contributed by atoms with E-state index in [9.17, 15) is 18.5 Å². The van der Waals surface area contributed by atoms with Crippen LogP contribution in [0.5, 0.6) is 0 Å². The number of nitro groups is 1. The van der Waals surface area contributed by atoms with Crippen LogP contribution >= 0.6 is 0 Å². The topological polar surface area (TPSA) is 89.3 Å². The molecule has 0 unspecified atom stereocenters. The predicted molar refractivity (Wildman–Crippen MR) is 96.5 cm³/mol. The predicted octanol–water partition coefficient (Wildman–Crippen LogP) is 3.43. The fourth-order valence-corrected chi connectivity index (χ4v) is 3.59. The molecule has 3 rings (SSSR count). The second kappa shape index (κ2) is 6.48. The molecule has 0 saturated heterocycles. The lowest BCUT2D eigenvalue weighted by molar-refractivity contribution is -0.384. The third-order valence-corrected chi connectivity index (χ3v) is 5.74. The van der Waals surface area contributed by atoms with E-state index < -0.39 is 14.8 Å². The Labute approximate surface area is 147 Å². The molecule has 0 atom stereocenters. The first-order chi connectivity index (χ1) is 11.8. The Kier molecular flexibility index (Phi) is 4.51. The number of anilines is 1. The molecule has 1 aliphatic carbocycles. The molecule has 0 aliphatic heterocycles. The lowest BCUT2D eigenvalue weighted by Crippen LogP contribution is -2.18. The summed E-state index contributed by atoms with van der Waals surface area (Å²) < 4.78 is 23.2. The number of benzene rings is 2. The van der Waals surface area contributed by atoms with Crippen molar-refractivity contribution in [2.24, 2.45) is 5.41 Å². The van der Waals surface area contributed by atoms with Gasteiger partial charge in [0.25, 0.3) is 5.69 Å². The average molecular weight is 360 g/mol. The van der Waals surface area contributed by atoms with Gasteiger partial charge in [-0.15, -0.1) is 0 Å². The highest BCUT2D eigenvalue weighted by Crippen LogP contribution is 2.48. The Balaban J connectivity index is 1.76. The first-order valence-corrected chi connectivity index (χ1v) is 9.95. The number of sulfone groups is 1. The van der Waals surface area contributed by atoms with Crippen LogP contribution in [0.1, 0.15) is 18.4 Å². The van der Waals surface area contributed by atoms with E-state index in [0.29, 0.717) is 12.2 Å². The van der Waals surface area contributed by atoms with Crippen LogP contribution in [-0.4, -0.2) is 26.1 Å². The molecule has 0 heterocycles.